The molecule has 0 saturated carbocycles. The molecule has 0 aliphatic heterocycles. The third-order valence-corrected chi connectivity index (χ3v) is 19.1. The van der Waals surface area contributed by atoms with Crippen LogP contribution in [0.3, 0.4) is 0 Å². The van der Waals surface area contributed by atoms with E-state index in [9.17, 15) is 0 Å². The first-order valence-corrected chi connectivity index (χ1v) is 31.7. The summed E-state index contributed by atoms with van der Waals surface area (Å²) in [6, 6.07) is 120. The SMILES string of the molecule is CC1(C)c2ccccc2-c2ccccc21.CC1(c2ccccc2)c2ccccc2-c2ccccc21.Cc1ccc2c(c1)C1(c3ccccc3-c3ccccc31)c1ccccc1-2.Cc1ccc2ccccc2c1.Cc1cccc2ccccc12.Cc1ccccc1. The average molecular weight is 1160 g/mol. The van der Waals surface area contributed by atoms with E-state index >= 15 is 0 Å². The van der Waals surface area contributed by atoms with Crippen molar-refractivity contribution >= 4 is 21.5 Å². The first kappa shape index (κ1) is 58.6. The Morgan fingerprint density at radius 2 is 0.556 bits per heavy atom. The summed E-state index contributed by atoms with van der Waals surface area (Å²) in [6.45, 7) is 15.5. The summed E-state index contributed by atoms with van der Waals surface area (Å²) >= 11 is 0. The van der Waals surface area contributed by atoms with Crippen molar-refractivity contribution in [2.24, 2.45) is 0 Å². The van der Waals surface area contributed by atoms with Gasteiger partial charge in [0.1, 0.15) is 0 Å². The summed E-state index contributed by atoms with van der Waals surface area (Å²) in [6.07, 6.45) is 0. The van der Waals surface area contributed by atoms with Crippen LogP contribution in [0.4, 0.5) is 0 Å². The second-order valence-electron chi connectivity index (χ2n) is 25.0. The molecule has 0 saturated heterocycles. The molecule has 1 spiro atoms. The zero-order valence-electron chi connectivity index (χ0n) is 52.8. The average Bonchev–Trinajstić information content (AvgIpc) is 1.53. The van der Waals surface area contributed by atoms with Crippen LogP contribution in [-0.2, 0) is 16.2 Å². The van der Waals surface area contributed by atoms with Crippen LogP contribution in [0.25, 0.3) is 66.1 Å². The van der Waals surface area contributed by atoms with E-state index in [-0.39, 0.29) is 16.2 Å². The number of hydrogen-bond donors (Lipinski definition) is 0. The second-order valence-corrected chi connectivity index (χ2v) is 25.0. The van der Waals surface area contributed by atoms with Gasteiger partial charge in [0.25, 0.3) is 0 Å². The van der Waals surface area contributed by atoms with Gasteiger partial charge in [-0.25, -0.2) is 0 Å². The highest BCUT2D eigenvalue weighted by Gasteiger charge is 2.51. The minimum Gasteiger partial charge on any atom is -0.0622 e. The summed E-state index contributed by atoms with van der Waals surface area (Å²) in [5.74, 6) is 0. The molecule has 0 bridgehead atoms. The molecule has 0 amide bonds. The van der Waals surface area contributed by atoms with Gasteiger partial charge in [0, 0.05) is 10.8 Å². The predicted molar refractivity (Wildman–Crippen MR) is 384 cm³/mol. The van der Waals surface area contributed by atoms with Gasteiger partial charge in [0.2, 0.25) is 0 Å². The minimum atomic E-state index is -0.189. The van der Waals surface area contributed by atoms with Gasteiger partial charge in [-0.1, -0.05) is 364 Å². The van der Waals surface area contributed by atoms with Gasteiger partial charge in [0.05, 0.1) is 5.41 Å². The number of fused-ring (bicyclic) bond motifs is 18. The Hall–Kier alpha value is -10.4. The third-order valence-electron chi connectivity index (χ3n) is 19.1. The van der Waals surface area contributed by atoms with Crippen molar-refractivity contribution in [1.29, 1.82) is 0 Å². The van der Waals surface area contributed by atoms with Crippen molar-refractivity contribution in [3.05, 3.63) is 406 Å². The van der Waals surface area contributed by atoms with Crippen LogP contribution >= 0.6 is 0 Å². The summed E-state index contributed by atoms with van der Waals surface area (Å²) < 4.78 is 0. The van der Waals surface area contributed by atoms with Gasteiger partial charge in [-0.05, 0) is 156 Å². The van der Waals surface area contributed by atoms with E-state index in [0.717, 1.165) is 0 Å². The van der Waals surface area contributed by atoms with E-state index < -0.39 is 0 Å². The summed E-state index contributed by atoms with van der Waals surface area (Å²) in [4.78, 5) is 0. The molecule has 18 rings (SSSR count). The number of rotatable bonds is 1. The zero-order chi connectivity index (χ0) is 61.8. The Bertz CT molecular complexity index is 4700. The lowest BCUT2D eigenvalue weighted by Crippen LogP contribution is -2.25. The molecule has 14 aromatic rings. The highest BCUT2D eigenvalue weighted by atomic mass is 14.5. The van der Waals surface area contributed by atoms with Gasteiger partial charge < -0.3 is 0 Å². The molecule has 0 atom stereocenters. The van der Waals surface area contributed by atoms with Gasteiger partial charge in [-0.3, -0.25) is 0 Å². The van der Waals surface area contributed by atoms with Crippen molar-refractivity contribution in [3.63, 3.8) is 0 Å². The predicted octanol–water partition coefficient (Wildman–Crippen LogP) is 23.6. The number of hydrogen-bond acceptors (Lipinski definition) is 0. The molecular weight excluding hydrogens is 1080 g/mol. The van der Waals surface area contributed by atoms with Crippen LogP contribution in [-0.4, -0.2) is 0 Å². The molecule has 0 unspecified atom stereocenters. The van der Waals surface area contributed by atoms with E-state index in [1.165, 1.54) is 138 Å². The standard InChI is InChI=1S/C26H18.C20H16.C15H14.2C11H10.C7H8/c1-17-14-15-21-20-10-4-7-13-24(20)26(25(21)16-17)22-11-5-2-8-18(22)19-9-3-6-12-23(19)26;1-20(15-9-3-2-4-10-15)18-13-7-5-11-16(18)17-12-6-8-14-19(17)20;1-15(2)13-9-5-3-7-11(13)12-8-4-6-10-14(12)15;1-9-5-4-7-10-6-2-3-8-11(9)10;1-9-6-7-10-4-2-3-5-11(10)8-9;1-7-5-3-2-4-6-7/h2-16H,1H3;2-14H,1H3;3-10H,1-2H3;2*2-8H,1H3;2-6H,1H3. The van der Waals surface area contributed by atoms with Crippen LogP contribution < -0.4 is 0 Å². The first-order valence-electron chi connectivity index (χ1n) is 31.7. The maximum atomic E-state index is 2.40. The molecule has 14 aromatic carbocycles. The minimum absolute atomic E-state index is 0.0472. The van der Waals surface area contributed by atoms with Crippen LogP contribution in [0.2, 0.25) is 0 Å². The van der Waals surface area contributed by atoms with E-state index in [1.54, 1.807) is 0 Å². The Morgan fingerprint density at radius 3 is 1.03 bits per heavy atom. The highest BCUT2D eigenvalue weighted by molar-refractivity contribution is 5.95. The maximum Gasteiger partial charge on any atom is 0.0725 e. The summed E-state index contributed by atoms with van der Waals surface area (Å²) in [5, 5.41) is 5.33. The lowest BCUT2D eigenvalue weighted by atomic mass is 9.70. The number of benzene rings is 14. The fraction of sp³-hybridized carbons (Fsp3) is 0.111. The van der Waals surface area contributed by atoms with E-state index in [4.69, 9.17) is 0 Å². The molecule has 0 nitrogen and oxygen atoms in total. The van der Waals surface area contributed by atoms with E-state index in [0.29, 0.717) is 0 Å². The van der Waals surface area contributed by atoms with Crippen LogP contribution in [0.1, 0.15) is 93.1 Å². The quantitative estimate of drug-likeness (QED) is 0.154. The fourth-order valence-corrected chi connectivity index (χ4v) is 14.6. The first-order chi connectivity index (χ1) is 44.0. The molecule has 0 aromatic heterocycles. The third kappa shape index (κ3) is 10.7. The molecule has 0 heterocycles. The lowest BCUT2D eigenvalue weighted by Gasteiger charge is -2.30. The Labute approximate surface area is 533 Å². The summed E-state index contributed by atoms with van der Waals surface area (Å²) in [7, 11) is 0. The van der Waals surface area contributed by atoms with Crippen molar-refractivity contribution in [2.45, 2.75) is 64.7 Å². The molecule has 0 N–H and O–H groups in total. The highest BCUT2D eigenvalue weighted by Crippen LogP contribution is 2.63. The van der Waals surface area contributed by atoms with Gasteiger partial charge in [-0.2, -0.15) is 0 Å². The van der Waals surface area contributed by atoms with Gasteiger partial charge in [0.15, 0.2) is 0 Å². The van der Waals surface area contributed by atoms with Crippen LogP contribution in [0, 0.1) is 27.7 Å². The van der Waals surface area contributed by atoms with E-state index in [2.05, 4.69) is 364 Å². The van der Waals surface area contributed by atoms with Crippen molar-refractivity contribution in [1.82, 2.24) is 0 Å². The summed E-state index contributed by atoms with van der Waals surface area (Å²) in [5.41, 5.74) is 29.0. The smallest absolute Gasteiger partial charge is 0.0622 e. The molecule has 4 aliphatic carbocycles. The Balaban J connectivity index is 0.000000104. The maximum absolute atomic E-state index is 2.40. The molecule has 90 heavy (non-hydrogen) atoms. The van der Waals surface area contributed by atoms with Crippen molar-refractivity contribution in [3.8, 4) is 44.5 Å². The largest absolute Gasteiger partial charge is 0.0725 e. The molecule has 0 fully saturated rings. The van der Waals surface area contributed by atoms with Gasteiger partial charge in [-0.15, -0.1) is 0 Å². The monoisotopic (exact) mass is 1160 g/mol. The Morgan fingerprint density at radius 1 is 0.211 bits per heavy atom. The Kier molecular flexibility index (Phi) is 16.3. The van der Waals surface area contributed by atoms with Crippen LogP contribution in [0.15, 0.2) is 334 Å². The second kappa shape index (κ2) is 25.0. The normalized spacial score (nSPS) is 13.3. The van der Waals surface area contributed by atoms with Crippen molar-refractivity contribution < 1.29 is 0 Å². The molecule has 0 heteroatoms. The fourth-order valence-electron chi connectivity index (χ4n) is 14.6. The van der Waals surface area contributed by atoms with Crippen LogP contribution in [0.5, 0.6) is 0 Å². The zero-order valence-corrected chi connectivity index (χ0v) is 52.8. The topological polar surface area (TPSA) is 0 Å². The molecule has 436 valence electrons. The van der Waals surface area contributed by atoms with Gasteiger partial charge >= 0.3 is 0 Å². The molecular formula is C90H76. The van der Waals surface area contributed by atoms with E-state index in [1.807, 2.05) is 18.2 Å². The van der Waals surface area contributed by atoms with Crippen molar-refractivity contribution in [2.75, 3.05) is 0 Å². The number of aryl methyl sites for hydroxylation is 4. The lowest BCUT2D eigenvalue weighted by molar-refractivity contribution is 0.660. The molecule has 4 aliphatic rings. The molecule has 0 radical (unpaired) electrons.